The number of aromatic nitrogens is 1. The maximum atomic E-state index is 12.2. The molecule has 2 aromatic heterocycles. The van der Waals surface area contributed by atoms with Gasteiger partial charge in [-0.1, -0.05) is 26.8 Å². The van der Waals surface area contributed by atoms with Gasteiger partial charge in [0.15, 0.2) is 0 Å². The van der Waals surface area contributed by atoms with Gasteiger partial charge in [0.1, 0.15) is 0 Å². The lowest BCUT2D eigenvalue weighted by Gasteiger charge is -2.43. The third-order valence-electron chi connectivity index (χ3n) is 5.48. The minimum Gasteiger partial charge on any atom is -0.466 e. The monoisotopic (exact) mass is 459 g/mol. The molecule has 3 nitrogen and oxygen atoms in total. The van der Waals surface area contributed by atoms with Gasteiger partial charge in [-0.2, -0.15) is 0 Å². The van der Waals surface area contributed by atoms with Crippen LogP contribution in [0.4, 0.5) is 0 Å². The Balaban J connectivity index is 1.97. The molecule has 2 atom stereocenters. The average molecular weight is 460 g/mol. The number of thiophene rings is 1. The number of halogens is 2. The SMILES string of the molecule is CCOC(=O)Cc1sc(C(C)(C)C2C(Cl)CC(C)CC2Cl)nc1-c1cccs1. The largest absolute Gasteiger partial charge is 0.466 e. The van der Waals surface area contributed by atoms with E-state index < -0.39 is 0 Å². The van der Waals surface area contributed by atoms with E-state index >= 15 is 0 Å². The highest BCUT2D eigenvalue weighted by Crippen LogP contribution is 2.48. The summed E-state index contributed by atoms with van der Waals surface area (Å²) < 4.78 is 5.18. The molecular formula is C21H27Cl2NO2S2. The van der Waals surface area contributed by atoms with Crippen LogP contribution in [0.25, 0.3) is 10.6 Å². The number of hydrogen-bond donors (Lipinski definition) is 0. The summed E-state index contributed by atoms with van der Waals surface area (Å²) in [5.74, 6) is 0.449. The summed E-state index contributed by atoms with van der Waals surface area (Å²) in [6, 6.07) is 4.05. The molecule has 0 bridgehead atoms. The maximum Gasteiger partial charge on any atom is 0.311 e. The molecule has 0 saturated heterocycles. The number of rotatable bonds is 6. The van der Waals surface area contributed by atoms with Crippen LogP contribution in [0, 0.1) is 11.8 Å². The van der Waals surface area contributed by atoms with Crippen LogP contribution in [0.15, 0.2) is 17.5 Å². The molecule has 2 heterocycles. The molecule has 7 heteroatoms. The lowest BCUT2D eigenvalue weighted by atomic mass is 9.68. The third kappa shape index (κ3) is 4.58. The quantitative estimate of drug-likeness (QED) is 0.364. The molecule has 0 N–H and O–H groups in total. The van der Waals surface area contributed by atoms with E-state index in [4.69, 9.17) is 32.9 Å². The molecule has 154 valence electrons. The van der Waals surface area contributed by atoms with Crippen LogP contribution in [0.2, 0.25) is 0 Å². The molecule has 1 fully saturated rings. The highest BCUT2D eigenvalue weighted by atomic mass is 35.5. The Morgan fingerprint density at radius 1 is 1.32 bits per heavy atom. The van der Waals surface area contributed by atoms with Crippen molar-refractivity contribution in [3.8, 4) is 10.6 Å². The molecule has 0 spiro atoms. The van der Waals surface area contributed by atoms with Gasteiger partial charge in [0.05, 0.1) is 28.6 Å². The van der Waals surface area contributed by atoms with Gasteiger partial charge in [0.2, 0.25) is 0 Å². The number of nitrogens with zero attached hydrogens (tertiary/aromatic N) is 1. The Hall–Kier alpha value is -0.620. The van der Waals surface area contributed by atoms with Gasteiger partial charge in [-0.25, -0.2) is 4.98 Å². The van der Waals surface area contributed by atoms with Crippen molar-refractivity contribution in [1.82, 2.24) is 4.98 Å². The van der Waals surface area contributed by atoms with Crippen molar-refractivity contribution in [2.45, 2.75) is 63.1 Å². The zero-order valence-electron chi connectivity index (χ0n) is 16.7. The summed E-state index contributed by atoms with van der Waals surface area (Å²) in [5.41, 5.74) is 0.611. The normalized spacial score (nSPS) is 25.6. The Kier molecular flexibility index (Phi) is 7.12. The number of ether oxygens (including phenoxy) is 1. The lowest BCUT2D eigenvalue weighted by Crippen LogP contribution is -2.45. The Bertz CT molecular complexity index is 791. The third-order valence-corrected chi connectivity index (χ3v) is 8.65. The van der Waals surface area contributed by atoms with Crippen molar-refractivity contribution in [1.29, 1.82) is 0 Å². The number of carbonyl (C=O) groups excluding carboxylic acids is 1. The fraction of sp³-hybridized carbons (Fsp3) is 0.619. The molecule has 0 radical (unpaired) electrons. The van der Waals surface area contributed by atoms with Gasteiger partial charge in [-0.15, -0.1) is 45.9 Å². The van der Waals surface area contributed by atoms with Crippen LogP contribution in [-0.4, -0.2) is 28.3 Å². The first-order valence-electron chi connectivity index (χ1n) is 9.71. The Morgan fingerprint density at radius 2 is 2.00 bits per heavy atom. The second-order valence-electron chi connectivity index (χ2n) is 8.11. The van der Waals surface area contributed by atoms with Crippen molar-refractivity contribution in [2.75, 3.05) is 6.61 Å². The summed E-state index contributed by atoms with van der Waals surface area (Å²) in [4.78, 5) is 19.2. The van der Waals surface area contributed by atoms with E-state index in [1.54, 1.807) is 22.7 Å². The fourth-order valence-electron chi connectivity index (χ4n) is 4.13. The number of hydrogen-bond acceptors (Lipinski definition) is 5. The van der Waals surface area contributed by atoms with E-state index in [0.29, 0.717) is 12.5 Å². The van der Waals surface area contributed by atoms with Gasteiger partial charge in [0.25, 0.3) is 0 Å². The zero-order valence-corrected chi connectivity index (χ0v) is 19.9. The summed E-state index contributed by atoms with van der Waals surface area (Å²) in [7, 11) is 0. The van der Waals surface area contributed by atoms with Crippen LogP contribution in [0.1, 0.15) is 50.4 Å². The Morgan fingerprint density at radius 3 is 2.57 bits per heavy atom. The predicted octanol–water partition coefficient (Wildman–Crippen LogP) is 6.52. The highest BCUT2D eigenvalue weighted by molar-refractivity contribution is 7.15. The number of esters is 1. The van der Waals surface area contributed by atoms with Crippen LogP contribution >= 0.6 is 45.9 Å². The first-order valence-corrected chi connectivity index (χ1v) is 12.3. The molecule has 28 heavy (non-hydrogen) atoms. The first kappa shape index (κ1) is 22.1. The molecule has 0 aliphatic heterocycles. The summed E-state index contributed by atoms with van der Waals surface area (Å²) >= 11 is 16.8. The number of alkyl halides is 2. The molecule has 2 aromatic rings. The van der Waals surface area contributed by atoms with E-state index in [1.807, 2.05) is 24.4 Å². The fourth-order valence-corrected chi connectivity index (χ4v) is 7.81. The first-order chi connectivity index (χ1) is 13.2. The molecule has 2 unspecified atom stereocenters. The molecule has 1 aliphatic rings. The molecular weight excluding hydrogens is 433 g/mol. The van der Waals surface area contributed by atoms with E-state index in [-0.39, 0.29) is 34.5 Å². The number of carbonyl (C=O) groups is 1. The van der Waals surface area contributed by atoms with Gasteiger partial charge in [0, 0.05) is 27.0 Å². The minimum atomic E-state index is -0.275. The predicted molar refractivity (Wildman–Crippen MR) is 120 cm³/mol. The molecule has 0 amide bonds. The lowest BCUT2D eigenvalue weighted by molar-refractivity contribution is -0.142. The molecule has 1 saturated carbocycles. The smallest absolute Gasteiger partial charge is 0.311 e. The molecule has 3 rings (SSSR count). The van der Waals surface area contributed by atoms with Crippen molar-refractivity contribution < 1.29 is 9.53 Å². The summed E-state index contributed by atoms with van der Waals surface area (Å²) in [6.07, 6.45) is 2.18. The van der Waals surface area contributed by atoms with Crippen LogP contribution < -0.4 is 0 Å². The van der Waals surface area contributed by atoms with E-state index in [1.165, 1.54) is 0 Å². The summed E-state index contributed by atoms with van der Waals surface area (Å²) in [6.45, 7) is 8.79. The highest BCUT2D eigenvalue weighted by Gasteiger charge is 2.46. The van der Waals surface area contributed by atoms with Gasteiger partial charge in [-0.05, 0) is 37.1 Å². The average Bonchev–Trinajstić information content (AvgIpc) is 3.23. The van der Waals surface area contributed by atoms with E-state index in [0.717, 1.165) is 33.3 Å². The maximum absolute atomic E-state index is 12.2. The second kappa shape index (κ2) is 9.03. The van der Waals surface area contributed by atoms with Crippen LogP contribution in [-0.2, 0) is 21.4 Å². The van der Waals surface area contributed by atoms with Crippen LogP contribution in [0.3, 0.4) is 0 Å². The number of thiazole rings is 1. The molecule has 1 aliphatic carbocycles. The zero-order chi connectivity index (χ0) is 20.5. The van der Waals surface area contributed by atoms with Gasteiger partial charge < -0.3 is 4.74 Å². The second-order valence-corrected chi connectivity index (χ2v) is 11.3. The topological polar surface area (TPSA) is 39.2 Å². The van der Waals surface area contributed by atoms with Crippen molar-refractivity contribution in [3.05, 3.63) is 27.4 Å². The van der Waals surface area contributed by atoms with Crippen LogP contribution in [0.5, 0.6) is 0 Å². The molecule has 0 aromatic carbocycles. The van der Waals surface area contributed by atoms with Gasteiger partial charge >= 0.3 is 5.97 Å². The van der Waals surface area contributed by atoms with E-state index in [2.05, 4.69) is 20.8 Å². The van der Waals surface area contributed by atoms with Crippen molar-refractivity contribution in [3.63, 3.8) is 0 Å². The van der Waals surface area contributed by atoms with Gasteiger partial charge in [-0.3, -0.25) is 4.79 Å². The minimum absolute atomic E-state index is 0.0174. The van der Waals surface area contributed by atoms with E-state index in [9.17, 15) is 4.79 Å². The summed E-state index contributed by atoms with van der Waals surface area (Å²) in [5, 5.41) is 3.05. The van der Waals surface area contributed by atoms with Crippen molar-refractivity contribution >= 4 is 51.8 Å². The van der Waals surface area contributed by atoms with Crippen molar-refractivity contribution in [2.24, 2.45) is 11.8 Å². The standard InChI is InChI=1S/C21H27Cl2NO2S2/c1-5-26-17(25)11-16-19(15-7-6-8-27-15)24-20(28-16)21(3,4)18-13(22)9-12(2)10-14(18)23/h6-8,12-14,18H,5,9-11H2,1-4H3. The Labute approximate surface area is 185 Å².